The van der Waals surface area contributed by atoms with Crippen molar-refractivity contribution in [2.75, 3.05) is 25.5 Å². The number of carbonyl (C=O) groups excluding carboxylic acids is 1. The second-order valence-electron chi connectivity index (χ2n) is 8.06. The quantitative estimate of drug-likeness (QED) is 0.411. The van der Waals surface area contributed by atoms with Crippen molar-refractivity contribution in [2.45, 2.75) is 17.7 Å². The third-order valence-corrected chi connectivity index (χ3v) is 8.06. The number of nitrogens with zero attached hydrogens (tertiary/aromatic N) is 1. The number of amides is 1. The number of anilines is 1. The molecule has 0 bridgehead atoms. The molecule has 1 aliphatic rings. The fourth-order valence-electron chi connectivity index (χ4n) is 3.82. The summed E-state index contributed by atoms with van der Waals surface area (Å²) >= 11 is 12.1. The molecule has 3 aromatic carbocycles. The van der Waals surface area contributed by atoms with Crippen LogP contribution >= 0.6 is 23.2 Å². The average Bonchev–Trinajstić information content (AvgIpc) is 2.86. The number of hydrogen-bond donors (Lipinski definition) is 1. The minimum Gasteiger partial charge on any atom is -0.497 e. The molecule has 0 spiro atoms. The fraction of sp³-hybridized carbons (Fsp3) is 0.240. The van der Waals surface area contributed by atoms with Gasteiger partial charge in [0.25, 0.3) is 0 Å². The molecule has 0 radical (unpaired) electrons. The van der Waals surface area contributed by atoms with Crippen molar-refractivity contribution < 1.29 is 22.7 Å². The number of rotatable bonds is 7. The van der Waals surface area contributed by atoms with Crippen LogP contribution in [0.1, 0.15) is 12.8 Å². The maximum atomic E-state index is 13.2. The minimum absolute atomic E-state index is 0.0754. The van der Waals surface area contributed by atoms with Crippen molar-refractivity contribution in [3.8, 4) is 17.2 Å². The lowest BCUT2D eigenvalue weighted by Crippen LogP contribution is -2.43. The van der Waals surface area contributed by atoms with E-state index in [1.807, 2.05) is 0 Å². The Morgan fingerprint density at radius 2 is 1.63 bits per heavy atom. The van der Waals surface area contributed by atoms with E-state index in [-0.39, 0.29) is 17.3 Å². The normalized spacial score (nSPS) is 16.5. The number of nitrogens with one attached hydrogen (secondary N) is 1. The monoisotopic (exact) mass is 534 g/mol. The van der Waals surface area contributed by atoms with Gasteiger partial charge in [-0.25, -0.2) is 8.42 Å². The van der Waals surface area contributed by atoms with Crippen LogP contribution in [0.2, 0.25) is 10.0 Å². The minimum atomic E-state index is -3.74. The second-order valence-corrected chi connectivity index (χ2v) is 10.9. The summed E-state index contributed by atoms with van der Waals surface area (Å²) in [6.07, 6.45) is 1.13. The first kappa shape index (κ1) is 25.3. The number of methoxy groups -OCH3 is 1. The molecule has 1 fully saturated rings. The Balaban J connectivity index is 1.49. The standard InChI is InChI=1S/C25H24Cl2N2O5S/c1-33-20-7-9-21(10-8-20)34-24-13-6-19(27)15-23(24)28-25(30)17-3-2-14-29(16-17)35(31,32)22-11-4-18(26)5-12-22/h4-13,15,17H,2-3,14,16H2,1H3,(H,28,30)/t17-/m0/s1. The zero-order valence-corrected chi connectivity index (χ0v) is 21.2. The van der Waals surface area contributed by atoms with Crippen molar-refractivity contribution in [1.82, 2.24) is 4.31 Å². The average molecular weight is 535 g/mol. The van der Waals surface area contributed by atoms with Crippen LogP contribution in [0.3, 0.4) is 0 Å². The highest BCUT2D eigenvalue weighted by molar-refractivity contribution is 7.89. The maximum absolute atomic E-state index is 13.2. The maximum Gasteiger partial charge on any atom is 0.243 e. The number of halogens is 2. The number of piperidine rings is 1. The molecule has 1 N–H and O–H groups in total. The molecule has 184 valence electrons. The van der Waals surface area contributed by atoms with Crippen molar-refractivity contribution in [3.05, 3.63) is 76.8 Å². The third-order valence-electron chi connectivity index (χ3n) is 5.69. The highest BCUT2D eigenvalue weighted by atomic mass is 35.5. The lowest BCUT2D eigenvalue weighted by Gasteiger charge is -2.31. The van der Waals surface area contributed by atoms with E-state index in [9.17, 15) is 13.2 Å². The van der Waals surface area contributed by atoms with Crippen molar-refractivity contribution in [2.24, 2.45) is 5.92 Å². The summed E-state index contributed by atoms with van der Waals surface area (Å²) in [6.45, 7) is 0.420. The van der Waals surface area contributed by atoms with Gasteiger partial charge in [0.15, 0.2) is 5.75 Å². The lowest BCUT2D eigenvalue weighted by atomic mass is 9.98. The highest BCUT2D eigenvalue weighted by Gasteiger charge is 2.33. The Bertz CT molecular complexity index is 1300. The number of ether oxygens (including phenoxy) is 2. The van der Waals surface area contributed by atoms with Crippen molar-refractivity contribution in [1.29, 1.82) is 0 Å². The first-order chi connectivity index (χ1) is 16.8. The van der Waals surface area contributed by atoms with Crippen LogP contribution in [0, 0.1) is 5.92 Å². The number of sulfonamides is 1. The van der Waals surface area contributed by atoms with Crippen LogP contribution in [0.4, 0.5) is 5.69 Å². The smallest absolute Gasteiger partial charge is 0.243 e. The Labute approximate surface area is 214 Å². The van der Waals surface area contributed by atoms with Gasteiger partial charge in [0.2, 0.25) is 15.9 Å². The zero-order valence-electron chi connectivity index (χ0n) is 18.9. The number of benzene rings is 3. The van der Waals surface area contributed by atoms with Gasteiger partial charge in [-0.15, -0.1) is 0 Å². The largest absolute Gasteiger partial charge is 0.497 e. The fourth-order valence-corrected chi connectivity index (χ4v) is 5.65. The molecule has 1 heterocycles. The van der Waals surface area contributed by atoms with E-state index in [0.29, 0.717) is 52.4 Å². The van der Waals surface area contributed by atoms with Gasteiger partial charge in [-0.3, -0.25) is 4.79 Å². The van der Waals surface area contributed by atoms with E-state index in [1.54, 1.807) is 49.6 Å². The summed E-state index contributed by atoms with van der Waals surface area (Å²) in [4.78, 5) is 13.3. The molecule has 1 saturated heterocycles. The Morgan fingerprint density at radius 1 is 0.971 bits per heavy atom. The molecular formula is C25H24Cl2N2O5S. The van der Waals surface area contributed by atoms with Crippen LogP contribution in [0.25, 0.3) is 0 Å². The van der Waals surface area contributed by atoms with E-state index >= 15 is 0 Å². The van der Waals surface area contributed by atoms with Gasteiger partial charge in [-0.2, -0.15) is 4.31 Å². The van der Waals surface area contributed by atoms with Crippen molar-refractivity contribution in [3.63, 3.8) is 0 Å². The topological polar surface area (TPSA) is 84.9 Å². The Hall–Kier alpha value is -2.78. The van der Waals surface area contributed by atoms with Crippen LogP contribution in [-0.2, 0) is 14.8 Å². The number of hydrogen-bond acceptors (Lipinski definition) is 5. The summed E-state index contributed by atoms with van der Waals surface area (Å²) in [6, 6.07) is 18.0. The van der Waals surface area contributed by atoms with E-state index in [4.69, 9.17) is 32.7 Å². The van der Waals surface area contributed by atoms with Gasteiger partial charge in [-0.1, -0.05) is 23.2 Å². The van der Waals surface area contributed by atoms with Gasteiger partial charge in [0, 0.05) is 23.1 Å². The molecule has 3 aromatic rings. The lowest BCUT2D eigenvalue weighted by molar-refractivity contribution is -0.120. The molecule has 0 saturated carbocycles. The molecule has 1 amide bonds. The van der Waals surface area contributed by atoms with Gasteiger partial charge < -0.3 is 14.8 Å². The summed E-state index contributed by atoms with van der Waals surface area (Å²) in [5, 5.41) is 3.75. The predicted octanol–water partition coefficient (Wildman–Crippen LogP) is 5.83. The van der Waals surface area contributed by atoms with E-state index in [0.717, 1.165) is 0 Å². The van der Waals surface area contributed by atoms with E-state index in [2.05, 4.69) is 5.32 Å². The molecule has 0 unspecified atom stereocenters. The van der Waals surface area contributed by atoms with Gasteiger partial charge >= 0.3 is 0 Å². The molecule has 7 nitrogen and oxygen atoms in total. The van der Waals surface area contributed by atoms with Crippen LogP contribution in [-0.4, -0.2) is 38.8 Å². The first-order valence-corrected chi connectivity index (χ1v) is 13.1. The van der Waals surface area contributed by atoms with Gasteiger partial charge in [0.05, 0.1) is 23.6 Å². The molecule has 1 atom stereocenters. The molecule has 0 aliphatic carbocycles. The molecule has 4 rings (SSSR count). The molecule has 35 heavy (non-hydrogen) atoms. The van der Waals surface area contributed by atoms with Crippen molar-refractivity contribution >= 4 is 44.8 Å². The van der Waals surface area contributed by atoms with Gasteiger partial charge in [-0.05, 0) is 79.6 Å². The van der Waals surface area contributed by atoms with Crippen LogP contribution in [0.5, 0.6) is 17.2 Å². The molecule has 10 heteroatoms. The number of carbonyl (C=O) groups is 1. The second kappa shape index (κ2) is 10.9. The summed E-state index contributed by atoms with van der Waals surface area (Å²) in [5.41, 5.74) is 0.399. The summed E-state index contributed by atoms with van der Waals surface area (Å²) < 4.78 is 38.6. The predicted molar refractivity (Wildman–Crippen MR) is 136 cm³/mol. The third kappa shape index (κ3) is 6.08. The molecular weight excluding hydrogens is 511 g/mol. The highest BCUT2D eigenvalue weighted by Crippen LogP contribution is 2.34. The summed E-state index contributed by atoms with van der Waals surface area (Å²) in [7, 11) is -2.16. The first-order valence-electron chi connectivity index (χ1n) is 10.9. The van der Waals surface area contributed by atoms with E-state index < -0.39 is 15.9 Å². The molecule has 0 aromatic heterocycles. The van der Waals surface area contributed by atoms with E-state index in [1.165, 1.54) is 28.6 Å². The van der Waals surface area contributed by atoms with Crippen LogP contribution in [0.15, 0.2) is 71.6 Å². The zero-order chi connectivity index (χ0) is 25.0. The van der Waals surface area contributed by atoms with Crippen LogP contribution < -0.4 is 14.8 Å². The molecule has 1 aliphatic heterocycles. The summed E-state index contributed by atoms with van der Waals surface area (Å²) in [5.74, 6) is 0.828. The Morgan fingerprint density at radius 3 is 2.31 bits per heavy atom. The van der Waals surface area contributed by atoms with Gasteiger partial charge in [0.1, 0.15) is 11.5 Å². The SMILES string of the molecule is COc1ccc(Oc2ccc(Cl)cc2NC(=O)[C@H]2CCCN(S(=O)(=O)c3ccc(Cl)cc3)C2)cc1. The Kier molecular flexibility index (Phi) is 7.86.